The van der Waals surface area contributed by atoms with Crippen LogP contribution in [-0.2, 0) is 22.5 Å². The van der Waals surface area contributed by atoms with Gasteiger partial charge in [-0.1, -0.05) is 12.1 Å². The summed E-state index contributed by atoms with van der Waals surface area (Å²) in [7, 11) is 0. The lowest BCUT2D eigenvalue weighted by Crippen LogP contribution is -2.51. The van der Waals surface area contributed by atoms with Gasteiger partial charge in [-0.15, -0.1) is 0 Å². The Morgan fingerprint density at radius 3 is 2.70 bits per heavy atom. The summed E-state index contributed by atoms with van der Waals surface area (Å²) in [5.41, 5.74) is 6.67. The minimum Gasteiger partial charge on any atom is -0.445 e. The van der Waals surface area contributed by atoms with Crippen LogP contribution >= 0.6 is 0 Å². The Hall–Kier alpha value is -3.00. The molecule has 0 radical (unpaired) electrons. The lowest BCUT2D eigenvalue weighted by atomic mass is 10.1. The summed E-state index contributed by atoms with van der Waals surface area (Å²) in [5, 5.41) is 0. The smallest absolute Gasteiger partial charge is 0.340 e. The van der Waals surface area contributed by atoms with E-state index < -0.39 is 17.5 Å². The van der Waals surface area contributed by atoms with Gasteiger partial charge in [0.1, 0.15) is 11.6 Å². The van der Waals surface area contributed by atoms with Crippen molar-refractivity contribution in [2.24, 2.45) is 5.73 Å². The van der Waals surface area contributed by atoms with Gasteiger partial charge in [0.2, 0.25) is 0 Å². The van der Waals surface area contributed by atoms with E-state index in [1.54, 1.807) is 0 Å². The number of nitrogens with zero attached hydrogens (tertiary/aromatic N) is 3. The zero-order valence-electron chi connectivity index (χ0n) is 16.5. The molecule has 1 amide bonds. The predicted molar refractivity (Wildman–Crippen MR) is 107 cm³/mol. The summed E-state index contributed by atoms with van der Waals surface area (Å²) in [6.07, 6.45) is 3.27. The van der Waals surface area contributed by atoms with E-state index in [-0.39, 0.29) is 11.9 Å². The number of ether oxygens (including phenoxy) is 1. The number of piperazine rings is 1. The van der Waals surface area contributed by atoms with Crippen LogP contribution < -0.4 is 10.6 Å². The Balaban J connectivity index is 1.26. The molecule has 2 aromatic rings. The third kappa shape index (κ3) is 3.41. The Kier molecular flexibility index (Phi) is 4.47. The van der Waals surface area contributed by atoms with Crippen molar-refractivity contribution in [1.29, 1.82) is 0 Å². The molecule has 156 valence electrons. The number of amides is 1. The molecule has 2 N–H and O–H groups in total. The van der Waals surface area contributed by atoms with Gasteiger partial charge in [-0.2, -0.15) is 0 Å². The van der Waals surface area contributed by atoms with E-state index in [0.717, 1.165) is 49.5 Å². The number of pyridine rings is 1. The molecular formula is C22H23FN4O3. The van der Waals surface area contributed by atoms with Crippen LogP contribution in [0.5, 0.6) is 0 Å². The Labute approximate surface area is 173 Å². The maximum absolute atomic E-state index is 13.1. The topological polar surface area (TPSA) is 88.8 Å². The molecule has 30 heavy (non-hydrogen) atoms. The minimum absolute atomic E-state index is 0.223. The summed E-state index contributed by atoms with van der Waals surface area (Å²) in [6, 6.07) is 8.74. The number of primary amides is 1. The first-order chi connectivity index (χ1) is 14.4. The van der Waals surface area contributed by atoms with Crippen LogP contribution in [0.2, 0.25) is 0 Å². The molecule has 3 aliphatic rings. The first kappa shape index (κ1) is 19.0. The maximum atomic E-state index is 13.1. The van der Waals surface area contributed by atoms with Gasteiger partial charge in [-0.05, 0) is 35.7 Å². The third-order valence-corrected chi connectivity index (χ3v) is 6.23. The van der Waals surface area contributed by atoms with Crippen LogP contribution in [0, 0.1) is 5.82 Å². The average Bonchev–Trinajstić information content (AvgIpc) is 3.42. The fraction of sp³-hybridized carbons (Fsp3) is 0.409. The number of hydrogen-bond acceptors (Lipinski definition) is 6. The number of aromatic nitrogens is 1. The number of nitrogens with two attached hydrogens (primary N) is 1. The van der Waals surface area contributed by atoms with E-state index in [9.17, 15) is 14.0 Å². The number of fused-ring (bicyclic) bond motifs is 3. The molecule has 1 saturated heterocycles. The number of benzene rings is 1. The molecule has 2 aliphatic heterocycles. The largest absolute Gasteiger partial charge is 0.445 e. The van der Waals surface area contributed by atoms with Crippen LogP contribution in [-0.4, -0.2) is 53.0 Å². The van der Waals surface area contributed by atoms with Crippen LogP contribution in [0.15, 0.2) is 36.5 Å². The quantitative estimate of drug-likeness (QED) is 0.754. The van der Waals surface area contributed by atoms with Gasteiger partial charge >= 0.3 is 5.97 Å². The molecule has 1 aromatic carbocycles. The number of anilines is 1. The first-order valence-corrected chi connectivity index (χ1v) is 10.2. The lowest BCUT2D eigenvalue weighted by molar-refractivity contribution is -0.128. The number of rotatable bonds is 5. The van der Waals surface area contributed by atoms with Crippen molar-refractivity contribution in [3.8, 4) is 0 Å². The van der Waals surface area contributed by atoms with E-state index in [2.05, 4.69) is 14.8 Å². The summed E-state index contributed by atoms with van der Waals surface area (Å²) >= 11 is 0. The van der Waals surface area contributed by atoms with Crippen LogP contribution in [0.1, 0.15) is 34.3 Å². The van der Waals surface area contributed by atoms with E-state index >= 15 is 0 Å². The molecule has 8 heteroatoms. The zero-order chi connectivity index (χ0) is 20.9. The normalized spacial score (nSPS) is 21.6. The highest BCUT2D eigenvalue weighted by atomic mass is 19.1. The molecule has 3 heterocycles. The van der Waals surface area contributed by atoms with Crippen LogP contribution in [0.25, 0.3) is 0 Å². The molecule has 0 bridgehead atoms. The van der Waals surface area contributed by atoms with Crippen molar-refractivity contribution in [3.63, 3.8) is 0 Å². The van der Waals surface area contributed by atoms with Crippen LogP contribution in [0.3, 0.4) is 0 Å². The van der Waals surface area contributed by atoms with E-state index in [0.29, 0.717) is 18.4 Å². The van der Waals surface area contributed by atoms with Crippen molar-refractivity contribution < 1.29 is 18.7 Å². The Bertz CT molecular complexity index is 1010. The summed E-state index contributed by atoms with van der Waals surface area (Å²) in [5.74, 6) is -0.458. The van der Waals surface area contributed by atoms with E-state index in [1.165, 1.54) is 18.3 Å². The van der Waals surface area contributed by atoms with Crippen molar-refractivity contribution in [2.75, 3.05) is 24.5 Å². The molecule has 7 nitrogen and oxygen atoms in total. The second kappa shape index (κ2) is 7.05. The second-order valence-corrected chi connectivity index (χ2v) is 8.37. The molecular weight excluding hydrogens is 387 g/mol. The van der Waals surface area contributed by atoms with Gasteiger partial charge in [0.05, 0.1) is 5.56 Å². The van der Waals surface area contributed by atoms with Gasteiger partial charge in [0.15, 0.2) is 5.60 Å². The minimum atomic E-state index is -1.13. The van der Waals surface area contributed by atoms with Crippen molar-refractivity contribution in [3.05, 3.63) is 59.0 Å². The van der Waals surface area contributed by atoms with Crippen LogP contribution in [0.4, 0.5) is 10.2 Å². The molecule has 0 spiro atoms. The van der Waals surface area contributed by atoms with E-state index in [1.807, 2.05) is 18.2 Å². The summed E-state index contributed by atoms with van der Waals surface area (Å²) in [4.78, 5) is 33.1. The number of esters is 1. The number of hydrogen-bond donors (Lipinski definition) is 1. The average molecular weight is 410 g/mol. The molecule has 1 unspecified atom stereocenters. The molecule has 2 fully saturated rings. The molecule has 1 saturated carbocycles. The number of carbonyl (C=O) groups excluding carboxylic acids is 2. The summed E-state index contributed by atoms with van der Waals surface area (Å²) < 4.78 is 18.5. The van der Waals surface area contributed by atoms with Crippen molar-refractivity contribution in [2.45, 2.75) is 37.5 Å². The van der Waals surface area contributed by atoms with Gasteiger partial charge in [0.25, 0.3) is 5.91 Å². The van der Waals surface area contributed by atoms with Gasteiger partial charge < -0.3 is 15.4 Å². The fourth-order valence-electron chi connectivity index (χ4n) is 4.39. The number of halogens is 1. The molecule has 1 aromatic heterocycles. The monoisotopic (exact) mass is 410 g/mol. The summed E-state index contributed by atoms with van der Waals surface area (Å²) in [6.45, 7) is 3.39. The molecule has 5 rings (SSSR count). The van der Waals surface area contributed by atoms with Crippen molar-refractivity contribution >= 4 is 17.7 Å². The van der Waals surface area contributed by atoms with Gasteiger partial charge in [-0.25, -0.2) is 14.2 Å². The Morgan fingerprint density at radius 2 is 2.00 bits per heavy atom. The maximum Gasteiger partial charge on any atom is 0.340 e. The lowest BCUT2D eigenvalue weighted by Gasteiger charge is -2.38. The first-order valence-electron chi connectivity index (χ1n) is 10.2. The highest BCUT2D eigenvalue weighted by Gasteiger charge is 2.53. The second-order valence-electron chi connectivity index (χ2n) is 8.37. The molecule has 1 atom stereocenters. The highest BCUT2D eigenvalue weighted by Crippen LogP contribution is 2.40. The van der Waals surface area contributed by atoms with Crippen molar-refractivity contribution in [1.82, 2.24) is 9.88 Å². The SMILES string of the molecule is NC(=O)C1(OC(=O)c2cnc3c(c2)CC2CN(Cc4ccc(F)cc4)CCN32)CC1. The number of carbonyl (C=O) groups is 2. The third-order valence-electron chi connectivity index (χ3n) is 6.23. The van der Waals surface area contributed by atoms with E-state index in [4.69, 9.17) is 10.5 Å². The van der Waals surface area contributed by atoms with Gasteiger partial charge in [-0.3, -0.25) is 9.69 Å². The predicted octanol–water partition coefficient (Wildman–Crippen LogP) is 1.64. The Morgan fingerprint density at radius 1 is 1.23 bits per heavy atom. The highest BCUT2D eigenvalue weighted by molar-refractivity contribution is 5.95. The standard InChI is InChI=1S/C22H23FN4O3/c23-17-3-1-14(2-4-17)12-26-7-8-27-18(13-26)10-15-9-16(11-25-19(15)27)20(28)30-22(5-6-22)21(24)29/h1-4,9,11,18H,5-8,10,12-13H2,(H2,24,29). The zero-order valence-corrected chi connectivity index (χ0v) is 16.5. The molecule has 1 aliphatic carbocycles. The fourth-order valence-corrected chi connectivity index (χ4v) is 4.39. The van der Waals surface area contributed by atoms with Gasteiger partial charge in [0, 0.05) is 51.3 Å².